The number of thiocarbonyl (C=S) groups is 1. The fourth-order valence-electron chi connectivity index (χ4n) is 1.58. The topological polar surface area (TPSA) is 72.2 Å². The van der Waals surface area contributed by atoms with Gasteiger partial charge in [-0.05, 0) is 31.9 Å². The van der Waals surface area contributed by atoms with E-state index >= 15 is 0 Å². The van der Waals surface area contributed by atoms with E-state index in [1.165, 1.54) is 12.1 Å². The zero-order valence-electron chi connectivity index (χ0n) is 11.4. The zero-order valence-corrected chi connectivity index (χ0v) is 13.1. The summed E-state index contributed by atoms with van der Waals surface area (Å²) in [6.45, 7) is 5.82. The summed E-state index contributed by atoms with van der Waals surface area (Å²) < 4.78 is 27.3. The Balaban J connectivity index is 3.04. The minimum absolute atomic E-state index is 0.223. The van der Waals surface area contributed by atoms with Gasteiger partial charge in [0.25, 0.3) is 0 Å². The number of nitrogens with one attached hydrogen (secondary N) is 1. The maximum atomic E-state index is 12.3. The van der Waals surface area contributed by atoms with Crippen LogP contribution in [0.3, 0.4) is 0 Å². The van der Waals surface area contributed by atoms with E-state index in [2.05, 4.69) is 4.72 Å². The minimum Gasteiger partial charge on any atom is -0.389 e. The monoisotopic (exact) mass is 300 g/mol. The minimum atomic E-state index is -3.52. The Morgan fingerprint density at radius 3 is 2.11 bits per heavy atom. The van der Waals surface area contributed by atoms with Crippen molar-refractivity contribution in [3.63, 3.8) is 0 Å². The molecule has 0 fully saturated rings. The van der Waals surface area contributed by atoms with E-state index in [1.807, 2.05) is 20.8 Å². The van der Waals surface area contributed by atoms with Crippen LogP contribution in [-0.4, -0.2) is 18.9 Å². The van der Waals surface area contributed by atoms with Gasteiger partial charge in [-0.25, -0.2) is 13.1 Å². The van der Waals surface area contributed by atoms with E-state index < -0.39 is 15.6 Å². The summed E-state index contributed by atoms with van der Waals surface area (Å²) in [5, 5.41) is 0. The Labute approximate surface area is 120 Å². The Morgan fingerprint density at radius 2 is 1.74 bits per heavy atom. The van der Waals surface area contributed by atoms with E-state index in [4.69, 9.17) is 18.0 Å². The Hall–Kier alpha value is -0.980. The van der Waals surface area contributed by atoms with Crippen LogP contribution in [0.4, 0.5) is 0 Å². The summed E-state index contributed by atoms with van der Waals surface area (Å²) in [5.41, 5.74) is 5.71. The van der Waals surface area contributed by atoms with Crippen molar-refractivity contribution in [2.75, 3.05) is 0 Å². The molecule has 6 heteroatoms. The third kappa shape index (κ3) is 3.99. The quantitative estimate of drug-likeness (QED) is 0.790. The summed E-state index contributed by atoms with van der Waals surface area (Å²) in [5.74, 6) is 0. The van der Waals surface area contributed by atoms with Gasteiger partial charge in [-0.15, -0.1) is 0 Å². The molecule has 0 amide bonds. The van der Waals surface area contributed by atoms with Crippen LogP contribution in [-0.2, 0) is 10.0 Å². The molecule has 1 aromatic carbocycles. The van der Waals surface area contributed by atoms with Gasteiger partial charge in [-0.1, -0.05) is 38.2 Å². The Kier molecular flexibility index (Phi) is 5.06. The van der Waals surface area contributed by atoms with Crippen molar-refractivity contribution in [3.8, 4) is 0 Å². The van der Waals surface area contributed by atoms with Crippen LogP contribution < -0.4 is 10.5 Å². The molecular formula is C13H20N2O2S2. The van der Waals surface area contributed by atoms with Gasteiger partial charge in [0.05, 0.1) is 4.90 Å². The van der Waals surface area contributed by atoms with Crippen LogP contribution in [0.1, 0.15) is 39.2 Å². The molecule has 19 heavy (non-hydrogen) atoms. The Bertz CT molecular complexity index is 547. The first-order valence-electron chi connectivity index (χ1n) is 6.18. The third-order valence-corrected chi connectivity index (χ3v) is 5.28. The summed E-state index contributed by atoms with van der Waals surface area (Å²) in [6, 6.07) is 6.27. The largest absolute Gasteiger partial charge is 0.389 e. The molecule has 0 aromatic heterocycles. The molecule has 106 valence electrons. The average molecular weight is 300 g/mol. The molecule has 3 N–H and O–H groups in total. The molecule has 0 aliphatic carbocycles. The van der Waals surface area contributed by atoms with Gasteiger partial charge in [0, 0.05) is 11.1 Å². The van der Waals surface area contributed by atoms with Gasteiger partial charge in [0.15, 0.2) is 0 Å². The molecule has 0 aliphatic rings. The van der Waals surface area contributed by atoms with Gasteiger partial charge < -0.3 is 5.73 Å². The fraction of sp³-hybridized carbons (Fsp3) is 0.462. The van der Waals surface area contributed by atoms with Crippen molar-refractivity contribution in [1.82, 2.24) is 4.72 Å². The lowest BCUT2D eigenvalue weighted by molar-refractivity contribution is 0.388. The average Bonchev–Trinajstić information content (AvgIpc) is 2.38. The molecule has 1 aromatic rings. The van der Waals surface area contributed by atoms with Crippen molar-refractivity contribution < 1.29 is 8.42 Å². The van der Waals surface area contributed by atoms with Gasteiger partial charge >= 0.3 is 0 Å². The second-order valence-corrected chi connectivity index (χ2v) is 6.88. The highest BCUT2D eigenvalue weighted by Crippen LogP contribution is 2.19. The number of nitrogens with two attached hydrogens (primary N) is 1. The highest BCUT2D eigenvalue weighted by atomic mass is 32.2. The van der Waals surface area contributed by atoms with Gasteiger partial charge in [-0.2, -0.15) is 0 Å². The van der Waals surface area contributed by atoms with E-state index in [0.717, 1.165) is 12.8 Å². The molecule has 0 radical (unpaired) electrons. The van der Waals surface area contributed by atoms with Crippen molar-refractivity contribution in [2.24, 2.45) is 5.73 Å². The van der Waals surface area contributed by atoms with Crippen LogP contribution in [0.25, 0.3) is 0 Å². The van der Waals surface area contributed by atoms with Crippen molar-refractivity contribution in [1.29, 1.82) is 0 Å². The van der Waals surface area contributed by atoms with Crippen LogP contribution in [0.5, 0.6) is 0 Å². The molecule has 0 spiro atoms. The summed E-state index contributed by atoms with van der Waals surface area (Å²) >= 11 is 4.84. The van der Waals surface area contributed by atoms with E-state index in [-0.39, 0.29) is 9.88 Å². The Morgan fingerprint density at radius 1 is 1.26 bits per heavy atom. The number of sulfonamides is 1. The number of hydrogen-bond acceptors (Lipinski definition) is 3. The lowest BCUT2D eigenvalue weighted by atomic mass is 9.98. The molecule has 0 aliphatic heterocycles. The van der Waals surface area contributed by atoms with Crippen LogP contribution in [0.2, 0.25) is 0 Å². The van der Waals surface area contributed by atoms with Gasteiger partial charge in [0.1, 0.15) is 4.99 Å². The fourth-order valence-corrected chi connectivity index (χ4v) is 3.26. The molecule has 0 bridgehead atoms. The number of benzene rings is 1. The second kappa shape index (κ2) is 5.98. The molecule has 0 saturated heterocycles. The standard InChI is InChI=1S/C13H20N2O2S2/c1-4-13(3,5-2)15-19(16,17)11-8-6-10(7-9-11)12(14)18/h6-9,15H,4-5H2,1-3H3,(H2,14,18). The van der Waals surface area contributed by atoms with Gasteiger partial charge in [0.2, 0.25) is 10.0 Å². The maximum absolute atomic E-state index is 12.3. The zero-order chi connectivity index (χ0) is 14.7. The van der Waals surface area contributed by atoms with Crippen molar-refractivity contribution in [3.05, 3.63) is 29.8 Å². The molecule has 1 rings (SSSR count). The SMILES string of the molecule is CCC(C)(CC)NS(=O)(=O)c1ccc(C(N)=S)cc1. The molecule has 4 nitrogen and oxygen atoms in total. The van der Waals surface area contributed by atoms with Crippen LogP contribution >= 0.6 is 12.2 Å². The lowest BCUT2D eigenvalue weighted by Gasteiger charge is -2.27. The summed E-state index contributed by atoms with van der Waals surface area (Å²) in [7, 11) is -3.52. The highest BCUT2D eigenvalue weighted by molar-refractivity contribution is 7.89. The first-order valence-corrected chi connectivity index (χ1v) is 8.07. The van der Waals surface area contributed by atoms with Gasteiger partial charge in [-0.3, -0.25) is 0 Å². The van der Waals surface area contributed by atoms with E-state index in [1.54, 1.807) is 12.1 Å². The second-order valence-electron chi connectivity index (χ2n) is 4.76. The van der Waals surface area contributed by atoms with Crippen molar-refractivity contribution in [2.45, 2.75) is 44.0 Å². The molecule has 0 heterocycles. The lowest BCUT2D eigenvalue weighted by Crippen LogP contribution is -2.44. The number of rotatable bonds is 6. The maximum Gasteiger partial charge on any atom is 0.241 e. The number of hydrogen-bond donors (Lipinski definition) is 2. The molecule has 0 atom stereocenters. The normalized spacial score (nSPS) is 12.4. The van der Waals surface area contributed by atoms with Crippen LogP contribution in [0.15, 0.2) is 29.2 Å². The molecular weight excluding hydrogens is 280 g/mol. The smallest absolute Gasteiger partial charge is 0.241 e. The summed E-state index contributed by atoms with van der Waals surface area (Å²) in [6.07, 6.45) is 1.46. The van der Waals surface area contributed by atoms with E-state index in [0.29, 0.717) is 5.56 Å². The summed E-state index contributed by atoms with van der Waals surface area (Å²) in [4.78, 5) is 0.476. The van der Waals surface area contributed by atoms with E-state index in [9.17, 15) is 8.42 Å². The van der Waals surface area contributed by atoms with Crippen molar-refractivity contribution >= 4 is 27.2 Å². The first kappa shape index (κ1) is 16.1. The predicted molar refractivity (Wildman–Crippen MR) is 81.6 cm³/mol. The molecule has 0 saturated carbocycles. The first-order chi connectivity index (χ1) is 8.74. The molecule has 0 unspecified atom stereocenters. The highest BCUT2D eigenvalue weighted by Gasteiger charge is 2.27. The predicted octanol–water partition coefficient (Wildman–Crippen LogP) is 2.18. The third-order valence-electron chi connectivity index (χ3n) is 3.39. The van der Waals surface area contributed by atoms with Crippen LogP contribution in [0, 0.1) is 0 Å².